The summed E-state index contributed by atoms with van der Waals surface area (Å²) in [4.78, 5) is 12.0. The number of aromatic amines is 1. The molecule has 1 amide bonds. The molecule has 0 atom stereocenters. The van der Waals surface area contributed by atoms with Gasteiger partial charge in [-0.05, 0) is 23.8 Å². The molecule has 6 heteroatoms. The lowest BCUT2D eigenvalue weighted by molar-refractivity contribution is 0.0950. The van der Waals surface area contributed by atoms with Crippen molar-refractivity contribution in [2.75, 3.05) is 0 Å². The summed E-state index contributed by atoms with van der Waals surface area (Å²) in [5, 5.41) is 10.8. The number of nitrogens with zero attached hydrogens (tertiary/aromatic N) is 2. The Morgan fingerprint density at radius 3 is 2.61 bits per heavy atom. The van der Waals surface area contributed by atoms with Gasteiger partial charge in [0.2, 0.25) is 0 Å². The lowest BCUT2D eigenvalue weighted by atomic mass is 10.1. The van der Waals surface area contributed by atoms with E-state index < -0.39 is 0 Å². The van der Waals surface area contributed by atoms with Crippen molar-refractivity contribution in [1.29, 1.82) is 0 Å². The molecule has 0 saturated heterocycles. The van der Waals surface area contributed by atoms with Crippen LogP contribution in [0, 0.1) is 0 Å². The second-order valence-electron chi connectivity index (χ2n) is 4.78. The molecule has 0 aliphatic carbocycles. The summed E-state index contributed by atoms with van der Waals surface area (Å²) >= 11 is 3.39. The minimum absolute atomic E-state index is 0.340. The molecule has 0 aliphatic rings. The molecular formula is C17H13BrN4O. The van der Waals surface area contributed by atoms with Gasteiger partial charge in [0.15, 0.2) is 0 Å². The number of hydrogen-bond acceptors (Lipinski definition) is 3. The number of nitrogens with one attached hydrogen (secondary N) is 2. The van der Waals surface area contributed by atoms with Crippen LogP contribution in [0.3, 0.4) is 0 Å². The van der Waals surface area contributed by atoms with E-state index in [9.17, 15) is 4.79 Å². The predicted molar refractivity (Wildman–Crippen MR) is 93.2 cm³/mol. The van der Waals surface area contributed by atoms with E-state index in [1.807, 2.05) is 54.6 Å². The zero-order valence-corrected chi connectivity index (χ0v) is 13.6. The fraction of sp³-hybridized carbons (Fsp3) is 0. The van der Waals surface area contributed by atoms with Crippen molar-refractivity contribution in [3.8, 4) is 11.3 Å². The van der Waals surface area contributed by atoms with Crippen molar-refractivity contribution in [3.05, 3.63) is 76.4 Å². The maximum atomic E-state index is 12.0. The number of rotatable bonds is 4. The standard InChI is InChI=1S/C17H13BrN4O/c18-14-8-6-13(7-9-14)15-10-16(21-20-15)17(23)22-19-11-12-4-2-1-3-5-12/h1-11H,(H,20,21)(H,22,23)/b19-11+. The Morgan fingerprint density at radius 2 is 1.87 bits per heavy atom. The Morgan fingerprint density at radius 1 is 1.13 bits per heavy atom. The molecule has 1 aromatic heterocycles. The van der Waals surface area contributed by atoms with E-state index in [-0.39, 0.29) is 5.91 Å². The number of H-pyrrole nitrogens is 1. The Hall–Kier alpha value is -2.73. The second-order valence-corrected chi connectivity index (χ2v) is 5.70. The summed E-state index contributed by atoms with van der Waals surface area (Å²) in [6.45, 7) is 0. The molecule has 23 heavy (non-hydrogen) atoms. The van der Waals surface area contributed by atoms with E-state index in [1.165, 1.54) is 0 Å². The number of aromatic nitrogens is 2. The first-order chi connectivity index (χ1) is 11.2. The van der Waals surface area contributed by atoms with Crippen LogP contribution in [0.5, 0.6) is 0 Å². The quantitative estimate of drug-likeness (QED) is 0.545. The number of halogens is 1. The molecule has 0 bridgehead atoms. The van der Waals surface area contributed by atoms with Crippen LogP contribution in [0.15, 0.2) is 70.2 Å². The van der Waals surface area contributed by atoms with E-state index >= 15 is 0 Å². The third-order valence-electron chi connectivity index (χ3n) is 3.14. The van der Waals surface area contributed by atoms with E-state index in [4.69, 9.17) is 0 Å². The van der Waals surface area contributed by atoms with Crippen LogP contribution in [0.25, 0.3) is 11.3 Å². The monoisotopic (exact) mass is 368 g/mol. The fourth-order valence-electron chi connectivity index (χ4n) is 1.97. The molecule has 0 fully saturated rings. The number of amides is 1. The van der Waals surface area contributed by atoms with Crippen LogP contribution in [0.4, 0.5) is 0 Å². The largest absolute Gasteiger partial charge is 0.289 e. The van der Waals surface area contributed by atoms with Crippen LogP contribution >= 0.6 is 15.9 Å². The number of carbonyl (C=O) groups is 1. The van der Waals surface area contributed by atoms with Gasteiger partial charge in [-0.1, -0.05) is 58.4 Å². The first kappa shape index (κ1) is 15.2. The first-order valence-corrected chi connectivity index (χ1v) is 7.71. The second kappa shape index (κ2) is 7.02. The van der Waals surface area contributed by atoms with Gasteiger partial charge in [0.05, 0.1) is 11.9 Å². The molecular weight excluding hydrogens is 356 g/mol. The fourth-order valence-corrected chi connectivity index (χ4v) is 2.24. The van der Waals surface area contributed by atoms with Gasteiger partial charge >= 0.3 is 0 Å². The average molecular weight is 369 g/mol. The van der Waals surface area contributed by atoms with Gasteiger partial charge in [0.1, 0.15) is 5.69 Å². The highest BCUT2D eigenvalue weighted by molar-refractivity contribution is 9.10. The molecule has 0 radical (unpaired) electrons. The lowest BCUT2D eigenvalue weighted by Gasteiger charge is -1.96. The van der Waals surface area contributed by atoms with Gasteiger partial charge in [0.25, 0.3) is 5.91 Å². The zero-order valence-electron chi connectivity index (χ0n) is 12.0. The normalized spacial score (nSPS) is 10.8. The maximum absolute atomic E-state index is 12.0. The van der Waals surface area contributed by atoms with Crippen LogP contribution in [-0.2, 0) is 0 Å². The molecule has 2 aromatic carbocycles. The van der Waals surface area contributed by atoms with Crippen LogP contribution in [0.2, 0.25) is 0 Å². The molecule has 0 spiro atoms. The highest BCUT2D eigenvalue weighted by atomic mass is 79.9. The Balaban J connectivity index is 1.67. The third-order valence-corrected chi connectivity index (χ3v) is 3.67. The van der Waals surface area contributed by atoms with Gasteiger partial charge in [0, 0.05) is 10.0 Å². The number of carbonyl (C=O) groups excluding carboxylic acids is 1. The molecule has 0 aliphatic heterocycles. The third kappa shape index (κ3) is 3.92. The van der Waals surface area contributed by atoms with Crippen molar-refractivity contribution >= 4 is 28.1 Å². The summed E-state index contributed by atoms with van der Waals surface area (Å²) in [5.41, 5.74) is 5.37. The van der Waals surface area contributed by atoms with Crippen molar-refractivity contribution in [3.63, 3.8) is 0 Å². The van der Waals surface area contributed by atoms with E-state index in [0.29, 0.717) is 11.4 Å². The molecule has 0 unspecified atom stereocenters. The Kier molecular flexibility index (Phi) is 4.63. The smallest absolute Gasteiger partial charge is 0.272 e. The van der Waals surface area contributed by atoms with Crippen molar-refractivity contribution in [2.45, 2.75) is 0 Å². The van der Waals surface area contributed by atoms with Crippen molar-refractivity contribution in [1.82, 2.24) is 15.6 Å². The molecule has 5 nitrogen and oxygen atoms in total. The minimum Gasteiger partial charge on any atom is -0.272 e. The summed E-state index contributed by atoms with van der Waals surface area (Å²) in [6, 6.07) is 18.9. The van der Waals surface area contributed by atoms with Crippen LogP contribution < -0.4 is 5.43 Å². The van der Waals surface area contributed by atoms with E-state index in [2.05, 4.69) is 36.7 Å². The highest BCUT2D eigenvalue weighted by Crippen LogP contribution is 2.20. The van der Waals surface area contributed by atoms with Crippen molar-refractivity contribution in [2.24, 2.45) is 5.10 Å². The predicted octanol–water partition coefficient (Wildman–Crippen LogP) is 3.60. The molecule has 0 saturated carbocycles. The van der Waals surface area contributed by atoms with Crippen LogP contribution in [-0.4, -0.2) is 22.3 Å². The summed E-state index contributed by atoms with van der Waals surface area (Å²) in [6.07, 6.45) is 1.59. The molecule has 3 rings (SSSR count). The topological polar surface area (TPSA) is 70.1 Å². The number of hydrazone groups is 1. The molecule has 2 N–H and O–H groups in total. The zero-order chi connectivity index (χ0) is 16.1. The summed E-state index contributed by atoms with van der Waals surface area (Å²) in [7, 11) is 0. The number of hydrogen-bond donors (Lipinski definition) is 2. The average Bonchev–Trinajstić information content (AvgIpc) is 3.06. The molecule has 1 heterocycles. The van der Waals surface area contributed by atoms with E-state index in [1.54, 1.807) is 12.3 Å². The van der Waals surface area contributed by atoms with Gasteiger partial charge in [-0.2, -0.15) is 10.2 Å². The molecule has 3 aromatic rings. The highest BCUT2D eigenvalue weighted by Gasteiger charge is 2.10. The minimum atomic E-state index is -0.340. The van der Waals surface area contributed by atoms with Gasteiger partial charge < -0.3 is 0 Å². The SMILES string of the molecule is O=C(N/N=C/c1ccccc1)c1cc(-c2ccc(Br)cc2)n[nH]1. The molecule has 114 valence electrons. The summed E-state index contributed by atoms with van der Waals surface area (Å²) in [5.74, 6) is -0.340. The number of benzene rings is 2. The van der Waals surface area contributed by atoms with Gasteiger partial charge in [-0.3, -0.25) is 9.89 Å². The van der Waals surface area contributed by atoms with Gasteiger partial charge in [-0.25, -0.2) is 5.43 Å². The Bertz CT molecular complexity index is 825. The Labute approximate surface area is 141 Å². The van der Waals surface area contributed by atoms with Gasteiger partial charge in [-0.15, -0.1) is 0 Å². The van der Waals surface area contributed by atoms with Crippen LogP contribution in [0.1, 0.15) is 16.1 Å². The van der Waals surface area contributed by atoms with E-state index in [0.717, 1.165) is 15.6 Å². The first-order valence-electron chi connectivity index (χ1n) is 6.92. The summed E-state index contributed by atoms with van der Waals surface area (Å²) < 4.78 is 0.991. The lowest BCUT2D eigenvalue weighted by Crippen LogP contribution is -2.17. The maximum Gasteiger partial charge on any atom is 0.289 e. The van der Waals surface area contributed by atoms with Crippen molar-refractivity contribution < 1.29 is 4.79 Å².